The van der Waals surface area contributed by atoms with Gasteiger partial charge < -0.3 is 10.5 Å². The van der Waals surface area contributed by atoms with E-state index in [1.165, 1.54) is 6.07 Å². The van der Waals surface area contributed by atoms with Gasteiger partial charge in [0.25, 0.3) is 0 Å². The van der Waals surface area contributed by atoms with Crippen molar-refractivity contribution in [2.75, 3.05) is 7.11 Å². The second-order valence-electron chi connectivity index (χ2n) is 4.78. The van der Waals surface area contributed by atoms with Crippen LogP contribution < -0.4 is 10.5 Å². The van der Waals surface area contributed by atoms with Gasteiger partial charge in [-0.15, -0.1) is 0 Å². The van der Waals surface area contributed by atoms with Crippen molar-refractivity contribution in [1.29, 1.82) is 0 Å². The van der Waals surface area contributed by atoms with Crippen LogP contribution in [0.15, 0.2) is 40.9 Å². The van der Waals surface area contributed by atoms with Crippen molar-refractivity contribution < 1.29 is 9.13 Å². The minimum atomic E-state index is -0.207. The highest BCUT2D eigenvalue weighted by molar-refractivity contribution is 9.10. The van der Waals surface area contributed by atoms with E-state index in [0.717, 1.165) is 21.3 Å². The van der Waals surface area contributed by atoms with Gasteiger partial charge in [-0.25, -0.2) is 4.39 Å². The molecule has 2 rings (SSSR count). The van der Waals surface area contributed by atoms with Crippen LogP contribution in [-0.2, 0) is 6.42 Å². The summed E-state index contributed by atoms with van der Waals surface area (Å²) in [4.78, 5) is 0. The van der Waals surface area contributed by atoms with Gasteiger partial charge in [-0.2, -0.15) is 0 Å². The monoisotopic (exact) mass is 337 g/mol. The van der Waals surface area contributed by atoms with E-state index in [1.807, 2.05) is 18.2 Å². The molecule has 0 aliphatic carbocycles. The summed E-state index contributed by atoms with van der Waals surface area (Å²) in [7, 11) is 1.64. The highest BCUT2D eigenvalue weighted by Gasteiger charge is 2.12. The van der Waals surface area contributed by atoms with Crippen LogP contribution in [0.3, 0.4) is 0 Å². The molecule has 0 aliphatic heterocycles. The second-order valence-corrected chi connectivity index (χ2v) is 5.69. The summed E-state index contributed by atoms with van der Waals surface area (Å²) in [6.45, 7) is 1.74. The van der Waals surface area contributed by atoms with Crippen molar-refractivity contribution in [1.82, 2.24) is 0 Å². The van der Waals surface area contributed by atoms with Gasteiger partial charge in [-0.05, 0) is 54.3 Å². The smallest absolute Gasteiger partial charge is 0.126 e. The van der Waals surface area contributed by atoms with Gasteiger partial charge in [0.15, 0.2) is 0 Å². The second kappa shape index (κ2) is 6.37. The van der Waals surface area contributed by atoms with Gasteiger partial charge in [-0.3, -0.25) is 0 Å². The standard InChI is InChI=1S/C16H17BrFNO/c1-10-7-11(3-5-14(10)18)15(19)9-12-8-13(17)4-6-16(12)20-2/h3-8,15H,9,19H2,1-2H3. The first kappa shape index (κ1) is 15.0. The van der Waals surface area contributed by atoms with Gasteiger partial charge in [0.2, 0.25) is 0 Å². The third-order valence-electron chi connectivity index (χ3n) is 3.29. The van der Waals surface area contributed by atoms with E-state index in [2.05, 4.69) is 15.9 Å². The van der Waals surface area contributed by atoms with Crippen LogP contribution in [0.1, 0.15) is 22.7 Å². The summed E-state index contributed by atoms with van der Waals surface area (Å²) >= 11 is 3.45. The molecular weight excluding hydrogens is 321 g/mol. The molecule has 0 fully saturated rings. The maximum atomic E-state index is 13.3. The van der Waals surface area contributed by atoms with E-state index in [1.54, 1.807) is 26.2 Å². The normalized spacial score (nSPS) is 12.2. The van der Waals surface area contributed by atoms with Crippen LogP contribution in [0.25, 0.3) is 0 Å². The molecule has 0 saturated heterocycles. The third kappa shape index (κ3) is 3.38. The maximum absolute atomic E-state index is 13.3. The summed E-state index contributed by atoms with van der Waals surface area (Å²) in [5.41, 5.74) is 8.78. The predicted molar refractivity (Wildman–Crippen MR) is 82.5 cm³/mol. The van der Waals surface area contributed by atoms with Crippen molar-refractivity contribution in [2.24, 2.45) is 5.73 Å². The van der Waals surface area contributed by atoms with Gasteiger partial charge in [0.1, 0.15) is 11.6 Å². The first-order chi connectivity index (χ1) is 9.51. The fourth-order valence-corrected chi connectivity index (χ4v) is 2.57. The summed E-state index contributed by atoms with van der Waals surface area (Å²) in [5.74, 6) is 0.600. The minimum Gasteiger partial charge on any atom is -0.496 e. The van der Waals surface area contributed by atoms with Crippen molar-refractivity contribution in [3.8, 4) is 5.75 Å². The van der Waals surface area contributed by atoms with Crippen LogP contribution in [0, 0.1) is 12.7 Å². The molecule has 0 aromatic heterocycles. The molecule has 0 spiro atoms. The SMILES string of the molecule is COc1ccc(Br)cc1CC(N)c1ccc(F)c(C)c1. The molecule has 0 radical (unpaired) electrons. The van der Waals surface area contributed by atoms with Gasteiger partial charge in [-0.1, -0.05) is 28.1 Å². The Balaban J connectivity index is 2.24. The summed E-state index contributed by atoms with van der Waals surface area (Å²) in [6.07, 6.45) is 0.633. The number of halogens is 2. The summed E-state index contributed by atoms with van der Waals surface area (Å²) in [6, 6.07) is 10.6. The molecule has 2 aromatic carbocycles. The van der Waals surface area contributed by atoms with Crippen molar-refractivity contribution in [3.63, 3.8) is 0 Å². The quantitative estimate of drug-likeness (QED) is 0.909. The molecule has 1 unspecified atom stereocenters. The zero-order valence-corrected chi connectivity index (χ0v) is 13.1. The average Bonchev–Trinajstić information content (AvgIpc) is 2.42. The summed E-state index contributed by atoms with van der Waals surface area (Å²) in [5, 5.41) is 0. The van der Waals surface area contributed by atoms with Gasteiger partial charge in [0, 0.05) is 10.5 Å². The Morgan fingerprint density at radius 2 is 2.00 bits per heavy atom. The minimum absolute atomic E-state index is 0.197. The average molecular weight is 338 g/mol. The highest BCUT2D eigenvalue weighted by Crippen LogP contribution is 2.27. The molecular formula is C16H17BrFNO. The Morgan fingerprint density at radius 3 is 2.65 bits per heavy atom. The van der Waals surface area contributed by atoms with E-state index in [4.69, 9.17) is 10.5 Å². The van der Waals surface area contributed by atoms with Crippen molar-refractivity contribution in [2.45, 2.75) is 19.4 Å². The molecule has 2 nitrogen and oxygen atoms in total. The lowest BCUT2D eigenvalue weighted by atomic mass is 9.97. The number of methoxy groups -OCH3 is 1. The maximum Gasteiger partial charge on any atom is 0.126 e. The van der Waals surface area contributed by atoms with Crippen LogP contribution in [-0.4, -0.2) is 7.11 Å². The molecule has 106 valence electrons. The van der Waals surface area contributed by atoms with Crippen LogP contribution in [0.5, 0.6) is 5.75 Å². The molecule has 1 atom stereocenters. The number of hydrogen-bond acceptors (Lipinski definition) is 2. The molecule has 20 heavy (non-hydrogen) atoms. The Morgan fingerprint density at radius 1 is 1.25 bits per heavy atom. The number of aryl methyl sites for hydroxylation is 1. The molecule has 0 aliphatic rings. The van der Waals surface area contributed by atoms with E-state index >= 15 is 0 Å². The van der Waals surface area contributed by atoms with Gasteiger partial charge in [0.05, 0.1) is 7.11 Å². The zero-order valence-electron chi connectivity index (χ0n) is 11.5. The number of nitrogens with two attached hydrogens (primary N) is 1. The predicted octanol–water partition coefficient (Wildman–Crippen LogP) is 4.15. The lowest BCUT2D eigenvalue weighted by Gasteiger charge is -2.15. The lowest BCUT2D eigenvalue weighted by Crippen LogP contribution is -2.14. The molecule has 2 aromatic rings. The van der Waals surface area contributed by atoms with E-state index < -0.39 is 0 Å². The fraction of sp³-hybridized carbons (Fsp3) is 0.250. The molecule has 0 bridgehead atoms. The Kier molecular flexibility index (Phi) is 4.78. The Hall–Kier alpha value is -1.39. The third-order valence-corrected chi connectivity index (χ3v) is 3.79. The molecule has 0 heterocycles. The number of ether oxygens (including phenoxy) is 1. The molecule has 0 amide bonds. The lowest BCUT2D eigenvalue weighted by molar-refractivity contribution is 0.408. The van der Waals surface area contributed by atoms with Crippen molar-refractivity contribution >= 4 is 15.9 Å². The van der Waals surface area contributed by atoms with Gasteiger partial charge >= 0.3 is 0 Å². The van der Waals surface area contributed by atoms with E-state index in [9.17, 15) is 4.39 Å². The molecule has 4 heteroatoms. The topological polar surface area (TPSA) is 35.2 Å². The highest BCUT2D eigenvalue weighted by atomic mass is 79.9. The zero-order chi connectivity index (χ0) is 14.7. The Bertz CT molecular complexity index is 615. The Labute approximate surface area is 126 Å². The first-order valence-corrected chi connectivity index (χ1v) is 7.14. The number of hydrogen-bond donors (Lipinski definition) is 1. The van der Waals surface area contributed by atoms with Crippen molar-refractivity contribution in [3.05, 3.63) is 63.4 Å². The largest absolute Gasteiger partial charge is 0.496 e. The number of rotatable bonds is 4. The molecule has 2 N–H and O–H groups in total. The van der Waals surface area contributed by atoms with Crippen LogP contribution in [0.4, 0.5) is 4.39 Å². The van der Waals surface area contributed by atoms with Crippen LogP contribution >= 0.6 is 15.9 Å². The first-order valence-electron chi connectivity index (χ1n) is 6.35. The summed E-state index contributed by atoms with van der Waals surface area (Å²) < 4.78 is 19.6. The van der Waals surface area contributed by atoms with E-state index in [0.29, 0.717) is 12.0 Å². The molecule has 0 saturated carbocycles. The fourth-order valence-electron chi connectivity index (χ4n) is 2.16. The van der Waals surface area contributed by atoms with Crippen LogP contribution in [0.2, 0.25) is 0 Å². The van der Waals surface area contributed by atoms with E-state index in [-0.39, 0.29) is 11.9 Å². The number of benzene rings is 2.